The van der Waals surface area contributed by atoms with E-state index >= 15 is 0 Å². The van der Waals surface area contributed by atoms with Crippen LogP contribution >= 0.6 is 11.3 Å². The van der Waals surface area contributed by atoms with E-state index in [1.807, 2.05) is 11.8 Å². The number of aliphatic hydroxyl groups is 1. The van der Waals surface area contributed by atoms with E-state index in [1.165, 1.54) is 10.4 Å². The highest BCUT2D eigenvalue weighted by Crippen LogP contribution is 2.24. The van der Waals surface area contributed by atoms with Crippen molar-refractivity contribution in [1.82, 2.24) is 10.2 Å². The van der Waals surface area contributed by atoms with Crippen molar-refractivity contribution in [3.05, 3.63) is 21.9 Å². The monoisotopic (exact) mass is 312 g/mol. The second-order valence-electron chi connectivity index (χ2n) is 5.76. The number of aliphatic hydroxyl groups excluding tert-OH is 1. The van der Waals surface area contributed by atoms with Gasteiger partial charge in [-0.15, -0.1) is 11.3 Å². The number of fused-ring (bicyclic) bond motifs is 1. The quantitative estimate of drug-likeness (QED) is 0.789. The molecule has 0 aliphatic carbocycles. The molecule has 6 heteroatoms. The van der Waals surface area contributed by atoms with Crippen LogP contribution in [-0.4, -0.2) is 54.9 Å². The van der Waals surface area contributed by atoms with Gasteiger partial charge in [0.2, 0.25) is 5.91 Å². The third kappa shape index (κ3) is 4.26. The molecule has 1 unspecified atom stereocenters. The molecule has 0 saturated carbocycles. The maximum absolute atomic E-state index is 12.3. The van der Waals surface area contributed by atoms with Gasteiger partial charge in [-0.05, 0) is 36.8 Å². The van der Waals surface area contributed by atoms with Crippen LogP contribution in [0.5, 0.6) is 0 Å². The molecular formula is C15H24N2O3S. The summed E-state index contributed by atoms with van der Waals surface area (Å²) in [5.74, 6) is 0.104. The molecule has 1 aliphatic heterocycles. The van der Waals surface area contributed by atoms with E-state index in [9.17, 15) is 4.79 Å². The Morgan fingerprint density at radius 1 is 1.62 bits per heavy atom. The van der Waals surface area contributed by atoms with Gasteiger partial charge in [-0.1, -0.05) is 0 Å². The molecule has 1 atom stereocenters. The maximum Gasteiger partial charge on any atom is 0.236 e. The van der Waals surface area contributed by atoms with Gasteiger partial charge < -0.3 is 20.1 Å². The van der Waals surface area contributed by atoms with Crippen molar-refractivity contribution < 1.29 is 14.6 Å². The molecule has 21 heavy (non-hydrogen) atoms. The van der Waals surface area contributed by atoms with E-state index in [2.05, 4.69) is 16.8 Å². The Morgan fingerprint density at radius 2 is 2.43 bits per heavy atom. The predicted octanol–water partition coefficient (Wildman–Crippen LogP) is 1.01. The van der Waals surface area contributed by atoms with E-state index in [0.717, 1.165) is 13.0 Å². The molecule has 0 radical (unpaired) electrons. The predicted molar refractivity (Wildman–Crippen MR) is 83.4 cm³/mol. The fraction of sp³-hybridized carbons (Fsp3) is 0.667. The zero-order valence-electron chi connectivity index (χ0n) is 12.7. The van der Waals surface area contributed by atoms with Crippen LogP contribution in [0.2, 0.25) is 0 Å². The van der Waals surface area contributed by atoms with Crippen molar-refractivity contribution in [3.63, 3.8) is 0 Å². The summed E-state index contributed by atoms with van der Waals surface area (Å²) in [5, 5.41) is 14.5. The molecule has 0 saturated heterocycles. The Balaban J connectivity index is 1.87. The van der Waals surface area contributed by atoms with Gasteiger partial charge in [0.15, 0.2) is 0 Å². The van der Waals surface area contributed by atoms with Gasteiger partial charge >= 0.3 is 0 Å². The highest BCUT2D eigenvalue weighted by molar-refractivity contribution is 7.10. The van der Waals surface area contributed by atoms with Crippen LogP contribution < -0.4 is 5.32 Å². The van der Waals surface area contributed by atoms with Crippen molar-refractivity contribution in [2.24, 2.45) is 0 Å². The van der Waals surface area contributed by atoms with Gasteiger partial charge in [-0.3, -0.25) is 4.79 Å². The number of rotatable bonds is 7. The van der Waals surface area contributed by atoms with E-state index in [4.69, 9.17) is 9.84 Å². The van der Waals surface area contributed by atoms with Gasteiger partial charge in [0.05, 0.1) is 13.2 Å². The normalized spacial score (nSPS) is 17.4. The number of methoxy groups -OCH3 is 1. The summed E-state index contributed by atoms with van der Waals surface area (Å²) >= 11 is 1.77. The van der Waals surface area contributed by atoms with Crippen molar-refractivity contribution in [1.29, 1.82) is 0 Å². The highest BCUT2D eigenvalue weighted by Gasteiger charge is 2.26. The lowest BCUT2D eigenvalue weighted by Gasteiger charge is -2.32. The topological polar surface area (TPSA) is 61.8 Å². The lowest BCUT2D eigenvalue weighted by Crippen LogP contribution is -2.51. The number of hydrogen-bond acceptors (Lipinski definition) is 5. The van der Waals surface area contributed by atoms with Gasteiger partial charge in [0, 0.05) is 37.2 Å². The zero-order valence-corrected chi connectivity index (χ0v) is 13.5. The Hall–Kier alpha value is -0.950. The highest BCUT2D eigenvalue weighted by atomic mass is 32.1. The molecule has 2 heterocycles. The molecule has 0 aromatic carbocycles. The molecule has 0 spiro atoms. The van der Waals surface area contributed by atoms with E-state index in [1.54, 1.807) is 18.4 Å². The zero-order chi connectivity index (χ0) is 15.3. The summed E-state index contributed by atoms with van der Waals surface area (Å²) in [7, 11) is 1.63. The summed E-state index contributed by atoms with van der Waals surface area (Å²) in [6.07, 6.45) is 1.51. The van der Waals surface area contributed by atoms with Crippen molar-refractivity contribution in [2.75, 3.05) is 33.4 Å². The number of carbonyl (C=O) groups is 1. The third-order valence-electron chi connectivity index (χ3n) is 3.95. The minimum atomic E-state index is -0.373. The molecule has 1 aromatic heterocycles. The van der Waals surface area contributed by atoms with E-state index in [-0.39, 0.29) is 24.6 Å². The van der Waals surface area contributed by atoms with Crippen LogP contribution in [0.3, 0.4) is 0 Å². The van der Waals surface area contributed by atoms with Crippen LogP contribution in [0.15, 0.2) is 11.4 Å². The summed E-state index contributed by atoms with van der Waals surface area (Å²) in [6.45, 7) is 4.28. The summed E-state index contributed by atoms with van der Waals surface area (Å²) in [5.41, 5.74) is 0.900. The van der Waals surface area contributed by atoms with Crippen LogP contribution in [0, 0.1) is 0 Å². The van der Waals surface area contributed by atoms with Gasteiger partial charge in [-0.25, -0.2) is 0 Å². The molecule has 2 N–H and O–H groups in total. The van der Waals surface area contributed by atoms with Crippen molar-refractivity contribution >= 4 is 17.2 Å². The molecule has 1 aromatic rings. The first-order valence-corrected chi connectivity index (χ1v) is 8.14. The average molecular weight is 312 g/mol. The third-order valence-corrected chi connectivity index (χ3v) is 4.98. The van der Waals surface area contributed by atoms with Crippen LogP contribution in [0.25, 0.3) is 0 Å². The fourth-order valence-electron chi connectivity index (χ4n) is 2.64. The van der Waals surface area contributed by atoms with Crippen LogP contribution in [0.1, 0.15) is 23.8 Å². The van der Waals surface area contributed by atoms with E-state index < -0.39 is 0 Å². The largest absolute Gasteiger partial charge is 0.396 e. The standard InChI is InChI=1S/C15H24N2O3S/c1-15(5-7-18,11-20-2)16-9-14(19)17-6-3-13-12(10-17)4-8-21-13/h4,8,16,18H,3,5-7,9-11H2,1-2H3. The molecule has 118 valence electrons. The van der Waals surface area contributed by atoms with Crippen LogP contribution in [0.4, 0.5) is 0 Å². The first kappa shape index (κ1) is 16.4. The second kappa shape index (κ2) is 7.35. The lowest BCUT2D eigenvalue weighted by molar-refractivity contribution is -0.131. The Bertz CT molecular complexity index is 469. The Kier molecular flexibility index (Phi) is 5.75. The van der Waals surface area contributed by atoms with Crippen molar-refractivity contribution in [2.45, 2.75) is 31.8 Å². The van der Waals surface area contributed by atoms with Crippen LogP contribution in [-0.2, 0) is 22.5 Å². The van der Waals surface area contributed by atoms with E-state index in [0.29, 0.717) is 19.6 Å². The average Bonchev–Trinajstić information content (AvgIpc) is 2.92. The second-order valence-corrected chi connectivity index (χ2v) is 6.76. The number of thiophene rings is 1. The molecule has 1 amide bonds. The fourth-order valence-corrected chi connectivity index (χ4v) is 3.53. The maximum atomic E-state index is 12.3. The van der Waals surface area contributed by atoms with Gasteiger partial charge in [0.1, 0.15) is 0 Å². The first-order chi connectivity index (χ1) is 10.1. The lowest BCUT2D eigenvalue weighted by atomic mass is 9.99. The molecule has 1 aliphatic rings. The summed E-state index contributed by atoms with van der Waals surface area (Å²) in [4.78, 5) is 15.6. The number of amides is 1. The number of ether oxygens (including phenoxy) is 1. The Morgan fingerprint density at radius 3 is 3.14 bits per heavy atom. The molecular weight excluding hydrogens is 288 g/mol. The number of hydrogen-bond donors (Lipinski definition) is 2. The van der Waals surface area contributed by atoms with Gasteiger partial charge in [-0.2, -0.15) is 0 Å². The minimum Gasteiger partial charge on any atom is -0.396 e. The SMILES string of the molecule is COCC(C)(CCO)NCC(=O)N1CCc2sccc2C1. The Labute approximate surface area is 129 Å². The number of nitrogens with zero attached hydrogens (tertiary/aromatic N) is 1. The molecule has 2 rings (SSSR count). The minimum absolute atomic E-state index is 0.0724. The summed E-state index contributed by atoms with van der Waals surface area (Å²) < 4.78 is 5.18. The van der Waals surface area contributed by atoms with Crippen molar-refractivity contribution in [3.8, 4) is 0 Å². The molecule has 5 nitrogen and oxygen atoms in total. The smallest absolute Gasteiger partial charge is 0.236 e. The number of carbonyl (C=O) groups excluding carboxylic acids is 1. The van der Waals surface area contributed by atoms with Gasteiger partial charge in [0.25, 0.3) is 0 Å². The summed E-state index contributed by atoms with van der Waals surface area (Å²) in [6, 6.07) is 2.10. The number of nitrogens with one attached hydrogen (secondary N) is 1. The molecule has 0 fully saturated rings. The molecule has 0 bridgehead atoms. The first-order valence-electron chi connectivity index (χ1n) is 7.26.